The molecule has 1 aromatic carbocycles. The fourth-order valence-electron chi connectivity index (χ4n) is 2.71. The van der Waals surface area contributed by atoms with E-state index in [1.54, 1.807) is 6.20 Å². The largest absolute Gasteiger partial charge is 0.399 e. The second-order valence-electron chi connectivity index (χ2n) is 5.46. The predicted octanol–water partition coefficient (Wildman–Crippen LogP) is 2.11. The summed E-state index contributed by atoms with van der Waals surface area (Å²) in [5.41, 5.74) is 9.11. The molecule has 4 rings (SSSR count). The highest BCUT2D eigenvalue weighted by Crippen LogP contribution is 2.26. The van der Waals surface area contributed by atoms with Gasteiger partial charge >= 0.3 is 0 Å². The molecule has 0 atom stereocenters. The van der Waals surface area contributed by atoms with Crippen LogP contribution in [0.2, 0.25) is 0 Å². The SMILES string of the molecule is Nc1ccc(-c2nc(N3CCOCC3)c3ncccc3n2)cc1. The van der Waals surface area contributed by atoms with Crippen molar-refractivity contribution in [2.45, 2.75) is 0 Å². The van der Waals surface area contributed by atoms with Crippen LogP contribution in [-0.4, -0.2) is 41.3 Å². The minimum Gasteiger partial charge on any atom is -0.399 e. The normalized spacial score (nSPS) is 15.0. The Balaban J connectivity index is 1.87. The van der Waals surface area contributed by atoms with Crippen molar-refractivity contribution in [3.05, 3.63) is 42.6 Å². The van der Waals surface area contributed by atoms with Gasteiger partial charge < -0.3 is 15.4 Å². The number of fused-ring (bicyclic) bond motifs is 1. The molecule has 2 N–H and O–H groups in total. The summed E-state index contributed by atoms with van der Waals surface area (Å²) in [5.74, 6) is 1.55. The number of hydrogen-bond acceptors (Lipinski definition) is 6. The van der Waals surface area contributed by atoms with Crippen molar-refractivity contribution < 1.29 is 4.74 Å². The molecular formula is C17H17N5O. The number of ether oxygens (including phenoxy) is 1. The smallest absolute Gasteiger partial charge is 0.162 e. The van der Waals surface area contributed by atoms with Crippen LogP contribution >= 0.6 is 0 Å². The molecular weight excluding hydrogens is 290 g/mol. The molecule has 0 saturated carbocycles. The van der Waals surface area contributed by atoms with Crippen LogP contribution in [-0.2, 0) is 4.74 Å². The van der Waals surface area contributed by atoms with Gasteiger partial charge in [-0.15, -0.1) is 0 Å². The van der Waals surface area contributed by atoms with Crippen LogP contribution in [0.5, 0.6) is 0 Å². The third-order valence-electron chi connectivity index (χ3n) is 3.92. The molecule has 0 unspecified atom stereocenters. The lowest BCUT2D eigenvalue weighted by Crippen LogP contribution is -2.37. The zero-order valence-electron chi connectivity index (χ0n) is 12.6. The summed E-state index contributed by atoms with van der Waals surface area (Å²) in [6.07, 6.45) is 1.78. The molecule has 6 nitrogen and oxygen atoms in total. The first kappa shape index (κ1) is 13.9. The van der Waals surface area contributed by atoms with Gasteiger partial charge in [0.1, 0.15) is 5.52 Å². The molecule has 1 fully saturated rings. The Kier molecular flexibility index (Phi) is 3.51. The van der Waals surface area contributed by atoms with E-state index >= 15 is 0 Å². The first-order valence-corrected chi connectivity index (χ1v) is 7.63. The molecule has 3 heterocycles. The number of morpholine rings is 1. The van der Waals surface area contributed by atoms with E-state index in [4.69, 9.17) is 15.5 Å². The molecule has 2 aromatic heterocycles. The Morgan fingerprint density at radius 2 is 1.78 bits per heavy atom. The third-order valence-corrected chi connectivity index (χ3v) is 3.92. The monoisotopic (exact) mass is 307 g/mol. The van der Waals surface area contributed by atoms with Gasteiger partial charge in [0.05, 0.1) is 18.7 Å². The van der Waals surface area contributed by atoms with Crippen molar-refractivity contribution in [1.29, 1.82) is 0 Å². The summed E-state index contributed by atoms with van der Waals surface area (Å²) in [5, 5.41) is 0. The van der Waals surface area contributed by atoms with Gasteiger partial charge in [0, 0.05) is 30.5 Å². The van der Waals surface area contributed by atoms with E-state index in [9.17, 15) is 0 Å². The highest BCUT2D eigenvalue weighted by Gasteiger charge is 2.18. The minimum atomic E-state index is 0.687. The standard InChI is InChI=1S/C17H17N5O/c18-13-5-3-12(4-6-13)16-20-14-2-1-7-19-15(14)17(21-16)22-8-10-23-11-9-22/h1-7H,8-11,18H2. The van der Waals surface area contributed by atoms with Crippen molar-refractivity contribution in [3.8, 4) is 11.4 Å². The fraction of sp³-hybridized carbons (Fsp3) is 0.235. The maximum Gasteiger partial charge on any atom is 0.162 e. The molecule has 116 valence electrons. The minimum absolute atomic E-state index is 0.687. The van der Waals surface area contributed by atoms with Gasteiger partial charge in [-0.2, -0.15) is 0 Å². The predicted molar refractivity (Wildman–Crippen MR) is 90.2 cm³/mol. The summed E-state index contributed by atoms with van der Waals surface area (Å²) in [4.78, 5) is 16.1. The van der Waals surface area contributed by atoms with Crippen LogP contribution in [0, 0.1) is 0 Å². The quantitative estimate of drug-likeness (QED) is 0.731. The summed E-state index contributed by atoms with van der Waals surface area (Å²) >= 11 is 0. The zero-order chi connectivity index (χ0) is 15.6. The highest BCUT2D eigenvalue weighted by atomic mass is 16.5. The Bertz CT molecular complexity index is 828. The second-order valence-corrected chi connectivity index (χ2v) is 5.46. The summed E-state index contributed by atoms with van der Waals surface area (Å²) in [6.45, 7) is 3.03. The highest BCUT2D eigenvalue weighted by molar-refractivity contribution is 5.87. The van der Waals surface area contributed by atoms with Crippen LogP contribution in [0.3, 0.4) is 0 Å². The maximum atomic E-state index is 5.77. The van der Waals surface area contributed by atoms with Gasteiger partial charge in [0.15, 0.2) is 11.6 Å². The van der Waals surface area contributed by atoms with Crippen molar-refractivity contribution in [2.24, 2.45) is 0 Å². The molecule has 1 saturated heterocycles. The van der Waals surface area contributed by atoms with Crippen LogP contribution in [0.25, 0.3) is 22.4 Å². The van der Waals surface area contributed by atoms with Crippen molar-refractivity contribution in [1.82, 2.24) is 15.0 Å². The Labute approximate surface area is 133 Å². The van der Waals surface area contributed by atoms with Gasteiger partial charge in [-0.1, -0.05) is 0 Å². The van der Waals surface area contributed by atoms with Crippen LogP contribution in [0.15, 0.2) is 42.6 Å². The Morgan fingerprint density at radius 3 is 2.57 bits per heavy atom. The first-order valence-electron chi connectivity index (χ1n) is 7.63. The number of hydrogen-bond donors (Lipinski definition) is 1. The second kappa shape index (κ2) is 5.81. The van der Waals surface area contributed by atoms with E-state index in [0.717, 1.165) is 41.2 Å². The van der Waals surface area contributed by atoms with E-state index in [1.165, 1.54) is 0 Å². The van der Waals surface area contributed by atoms with Gasteiger partial charge in [-0.3, -0.25) is 4.98 Å². The van der Waals surface area contributed by atoms with E-state index in [1.807, 2.05) is 36.4 Å². The molecule has 0 radical (unpaired) electrons. The number of rotatable bonds is 2. The number of nitrogens with zero attached hydrogens (tertiary/aromatic N) is 4. The summed E-state index contributed by atoms with van der Waals surface area (Å²) in [7, 11) is 0. The lowest BCUT2D eigenvalue weighted by atomic mass is 10.2. The van der Waals surface area contributed by atoms with Gasteiger partial charge in [-0.25, -0.2) is 9.97 Å². The molecule has 3 aromatic rings. The summed E-state index contributed by atoms with van der Waals surface area (Å²) in [6, 6.07) is 11.5. The average Bonchev–Trinajstić information content (AvgIpc) is 2.62. The molecule has 23 heavy (non-hydrogen) atoms. The lowest BCUT2D eigenvalue weighted by Gasteiger charge is -2.28. The number of nitrogen functional groups attached to an aromatic ring is 1. The number of benzene rings is 1. The van der Waals surface area contributed by atoms with Crippen molar-refractivity contribution in [3.63, 3.8) is 0 Å². The maximum absolute atomic E-state index is 5.77. The van der Waals surface area contributed by atoms with E-state index in [2.05, 4.69) is 14.9 Å². The Hall–Kier alpha value is -2.73. The summed E-state index contributed by atoms with van der Waals surface area (Å²) < 4.78 is 5.44. The number of aromatic nitrogens is 3. The fourth-order valence-corrected chi connectivity index (χ4v) is 2.71. The van der Waals surface area contributed by atoms with Gasteiger partial charge in [0.25, 0.3) is 0 Å². The molecule has 1 aliphatic rings. The van der Waals surface area contributed by atoms with Crippen LogP contribution < -0.4 is 10.6 Å². The van der Waals surface area contributed by atoms with E-state index in [0.29, 0.717) is 19.0 Å². The topological polar surface area (TPSA) is 77.2 Å². The molecule has 6 heteroatoms. The van der Waals surface area contributed by atoms with Crippen molar-refractivity contribution in [2.75, 3.05) is 36.9 Å². The lowest BCUT2D eigenvalue weighted by molar-refractivity contribution is 0.122. The average molecular weight is 307 g/mol. The Morgan fingerprint density at radius 1 is 1.00 bits per heavy atom. The zero-order valence-corrected chi connectivity index (χ0v) is 12.6. The molecule has 0 aliphatic carbocycles. The first-order chi connectivity index (χ1) is 11.3. The number of nitrogens with two attached hydrogens (primary N) is 1. The van der Waals surface area contributed by atoms with Crippen LogP contribution in [0.4, 0.5) is 11.5 Å². The number of anilines is 2. The van der Waals surface area contributed by atoms with E-state index < -0.39 is 0 Å². The van der Waals surface area contributed by atoms with Crippen LogP contribution in [0.1, 0.15) is 0 Å². The van der Waals surface area contributed by atoms with E-state index in [-0.39, 0.29) is 0 Å². The molecule has 0 bridgehead atoms. The molecule has 0 amide bonds. The van der Waals surface area contributed by atoms with Gasteiger partial charge in [0.2, 0.25) is 0 Å². The molecule has 1 aliphatic heterocycles. The van der Waals surface area contributed by atoms with Crippen molar-refractivity contribution >= 4 is 22.5 Å². The van der Waals surface area contributed by atoms with Gasteiger partial charge in [-0.05, 0) is 36.4 Å². The third kappa shape index (κ3) is 2.68. The molecule has 0 spiro atoms. The number of pyridine rings is 1.